The summed E-state index contributed by atoms with van der Waals surface area (Å²) in [5, 5.41) is 9.84. The van der Waals surface area contributed by atoms with E-state index in [1.807, 2.05) is 18.2 Å². The molecule has 0 aliphatic heterocycles. The molecule has 0 saturated carbocycles. The zero-order valence-electron chi connectivity index (χ0n) is 10.3. The van der Waals surface area contributed by atoms with Crippen LogP contribution < -0.4 is 4.74 Å². The van der Waals surface area contributed by atoms with Crippen LogP contribution >= 0.6 is 11.8 Å². The first-order valence-corrected chi connectivity index (χ1v) is 6.89. The van der Waals surface area contributed by atoms with Gasteiger partial charge in [0.05, 0.1) is 18.4 Å². The monoisotopic (exact) mass is 271 g/mol. The fraction of sp³-hybridized carbons (Fsp3) is 0.214. The van der Waals surface area contributed by atoms with Gasteiger partial charge in [-0.25, -0.2) is 4.98 Å². The first-order chi connectivity index (χ1) is 9.40. The van der Waals surface area contributed by atoms with Gasteiger partial charge in [-0.3, -0.25) is 4.98 Å². The number of nitrogens with zero attached hydrogens (tertiary/aromatic N) is 3. The van der Waals surface area contributed by atoms with Crippen molar-refractivity contribution in [2.75, 3.05) is 12.4 Å². The Morgan fingerprint density at radius 3 is 2.95 bits per heavy atom. The lowest BCUT2D eigenvalue weighted by Gasteiger charge is -2.07. The summed E-state index contributed by atoms with van der Waals surface area (Å²) in [5.41, 5.74) is 0.573. The molecule has 0 fully saturated rings. The van der Waals surface area contributed by atoms with E-state index in [1.165, 1.54) is 0 Å². The van der Waals surface area contributed by atoms with Crippen LogP contribution in [0.3, 0.4) is 0 Å². The number of nitriles is 1. The van der Waals surface area contributed by atoms with Crippen molar-refractivity contribution >= 4 is 11.8 Å². The quantitative estimate of drug-likeness (QED) is 0.597. The highest BCUT2D eigenvalue weighted by Crippen LogP contribution is 2.18. The van der Waals surface area contributed by atoms with Crippen molar-refractivity contribution in [1.82, 2.24) is 9.97 Å². The third-order valence-electron chi connectivity index (χ3n) is 2.34. The lowest BCUT2D eigenvalue weighted by molar-refractivity contribution is 0.318. The van der Waals surface area contributed by atoms with E-state index in [9.17, 15) is 0 Å². The Kier molecular flexibility index (Phi) is 5.20. The van der Waals surface area contributed by atoms with Gasteiger partial charge in [0, 0.05) is 18.1 Å². The van der Waals surface area contributed by atoms with Crippen LogP contribution in [0.25, 0.3) is 0 Å². The van der Waals surface area contributed by atoms with Crippen molar-refractivity contribution in [1.29, 1.82) is 5.26 Å². The molecule has 1 aromatic heterocycles. The number of benzene rings is 1. The van der Waals surface area contributed by atoms with Gasteiger partial charge in [-0.15, -0.1) is 11.8 Å². The molecule has 0 bridgehead atoms. The molecule has 0 saturated heterocycles. The SMILES string of the molecule is N#Cc1ccccc1OCCCSc1cnccn1. The predicted molar refractivity (Wildman–Crippen MR) is 74.0 cm³/mol. The first kappa shape index (κ1) is 13.4. The summed E-state index contributed by atoms with van der Waals surface area (Å²) in [6.45, 7) is 0.589. The summed E-state index contributed by atoms with van der Waals surface area (Å²) in [7, 11) is 0. The molecule has 19 heavy (non-hydrogen) atoms. The lowest BCUT2D eigenvalue weighted by Crippen LogP contribution is -2.00. The summed E-state index contributed by atoms with van der Waals surface area (Å²) in [6, 6.07) is 9.38. The molecule has 0 aliphatic carbocycles. The fourth-order valence-electron chi connectivity index (χ4n) is 1.46. The van der Waals surface area contributed by atoms with Crippen LogP contribution in [-0.4, -0.2) is 22.3 Å². The highest BCUT2D eigenvalue weighted by atomic mass is 32.2. The third-order valence-corrected chi connectivity index (χ3v) is 3.34. The highest BCUT2D eigenvalue weighted by molar-refractivity contribution is 7.99. The molecule has 0 N–H and O–H groups in total. The van der Waals surface area contributed by atoms with Crippen LogP contribution in [0.15, 0.2) is 47.9 Å². The Balaban J connectivity index is 1.71. The molecule has 2 aromatic rings. The summed E-state index contributed by atoms with van der Waals surface area (Å²) in [5.74, 6) is 1.56. The summed E-state index contributed by atoms with van der Waals surface area (Å²) in [6.07, 6.45) is 5.98. The van der Waals surface area contributed by atoms with Crippen molar-refractivity contribution in [3.63, 3.8) is 0 Å². The molecule has 96 valence electrons. The normalized spacial score (nSPS) is 9.84. The Morgan fingerprint density at radius 1 is 1.26 bits per heavy atom. The van der Waals surface area contributed by atoms with Gasteiger partial charge in [0.25, 0.3) is 0 Å². The maximum absolute atomic E-state index is 8.92. The minimum absolute atomic E-state index is 0.573. The number of thioether (sulfide) groups is 1. The fourth-order valence-corrected chi connectivity index (χ4v) is 2.20. The Morgan fingerprint density at radius 2 is 2.16 bits per heavy atom. The molecule has 0 amide bonds. The molecule has 0 spiro atoms. The van der Waals surface area contributed by atoms with Gasteiger partial charge in [-0.05, 0) is 18.6 Å². The van der Waals surface area contributed by atoms with E-state index in [-0.39, 0.29) is 0 Å². The third kappa shape index (κ3) is 4.27. The zero-order valence-corrected chi connectivity index (χ0v) is 11.1. The van der Waals surface area contributed by atoms with Crippen LogP contribution in [0.1, 0.15) is 12.0 Å². The minimum atomic E-state index is 0.573. The molecule has 4 nitrogen and oxygen atoms in total. The predicted octanol–water partition coefficient (Wildman–Crippen LogP) is 2.91. The molecule has 0 aliphatic rings. The van der Waals surface area contributed by atoms with Crippen molar-refractivity contribution < 1.29 is 4.74 Å². The Labute approximate surface area is 116 Å². The van der Waals surface area contributed by atoms with Crippen molar-refractivity contribution in [3.8, 4) is 11.8 Å². The standard InChI is InChI=1S/C14H13N3OS/c15-10-12-4-1-2-5-13(12)18-8-3-9-19-14-11-16-6-7-17-14/h1-2,4-7,11H,3,8-9H2. The van der Waals surface area contributed by atoms with E-state index in [0.717, 1.165) is 17.2 Å². The molecular weight excluding hydrogens is 258 g/mol. The number of aromatic nitrogens is 2. The molecule has 1 heterocycles. The van der Waals surface area contributed by atoms with Crippen LogP contribution in [0, 0.1) is 11.3 Å². The topological polar surface area (TPSA) is 58.8 Å². The smallest absolute Gasteiger partial charge is 0.137 e. The van der Waals surface area contributed by atoms with Crippen molar-refractivity contribution in [2.45, 2.75) is 11.4 Å². The molecule has 5 heteroatoms. The number of hydrogen-bond acceptors (Lipinski definition) is 5. The van der Waals surface area contributed by atoms with E-state index in [0.29, 0.717) is 17.9 Å². The van der Waals surface area contributed by atoms with Gasteiger partial charge in [0.1, 0.15) is 16.8 Å². The second kappa shape index (κ2) is 7.39. The van der Waals surface area contributed by atoms with Gasteiger partial charge in [0.2, 0.25) is 0 Å². The number of ether oxygens (including phenoxy) is 1. The summed E-state index contributed by atoms with van der Waals surface area (Å²) < 4.78 is 5.59. The van der Waals surface area contributed by atoms with Crippen LogP contribution in [-0.2, 0) is 0 Å². The van der Waals surface area contributed by atoms with E-state index in [1.54, 1.807) is 36.4 Å². The van der Waals surface area contributed by atoms with Gasteiger partial charge >= 0.3 is 0 Å². The maximum Gasteiger partial charge on any atom is 0.137 e. The van der Waals surface area contributed by atoms with Gasteiger partial charge in [-0.1, -0.05) is 12.1 Å². The van der Waals surface area contributed by atoms with E-state index >= 15 is 0 Å². The summed E-state index contributed by atoms with van der Waals surface area (Å²) in [4.78, 5) is 8.18. The zero-order chi connectivity index (χ0) is 13.3. The summed E-state index contributed by atoms with van der Waals surface area (Å²) >= 11 is 1.65. The Bertz CT molecular complexity index is 554. The van der Waals surface area contributed by atoms with Crippen LogP contribution in [0.2, 0.25) is 0 Å². The van der Waals surface area contributed by atoms with Crippen molar-refractivity contribution in [3.05, 3.63) is 48.4 Å². The van der Waals surface area contributed by atoms with Crippen molar-refractivity contribution in [2.24, 2.45) is 0 Å². The molecule has 0 radical (unpaired) electrons. The molecule has 0 unspecified atom stereocenters. The number of hydrogen-bond donors (Lipinski definition) is 0. The minimum Gasteiger partial charge on any atom is -0.492 e. The average Bonchev–Trinajstić information content (AvgIpc) is 2.48. The maximum atomic E-state index is 8.92. The molecular formula is C14H13N3OS. The highest BCUT2D eigenvalue weighted by Gasteiger charge is 2.01. The lowest BCUT2D eigenvalue weighted by atomic mass is 10.2. The van der Waals surface area contributed by atoms with Crippen LogP contribution in [0.4, 0.5) is 0 Å². The average molecular weight is 271 g/mol. The van der Waals surface area contributed by atoms with E-state index in [2.05, 4.69) is 16.0 Å². The first-order valence-electron chi connectivity index (χ1n) is 5.91. The largest absolute Gasteiger partial charge is 0.492 e. The van der Waals surface area contributed by atoms with E-state index < -0.39 is 0 Å². The number of para-hydroxylation sites is 1. The van der Waals surface area contributed by atoms with Gasteiger partial charge in [0.15, 0.2) is 0 Å². The second-order valence-corrected chi connectivity index (χ2v) is 4.82. The Hall–Kier alpha value is -2.06. The van der Waals surface area contributed by atoms with Crippen LogP contribution in [0.5, 0.6) is 5.75 Å². The molecule has 1 aromatic carbocycles. The molecule has 0 atom stereocenters. The van der Waals surface area contributed by atoms with Gasteiger partial charge in [-0.2, -0.15) is 5.26 Å². The molecule has 2 rings (SSSR count). The second-order valence-electron chi connectivity index (χ2n) is 3.70. The van der Waals surface area contributed by atoms with E-state index in [4.69, 9.17) is 10.00 Å². The van der Waals surface area contributed by atoms with Gasteiger partial charge < -0.3 is 4.74 Å². The number of rotatable bonds is 6.